The number of amides is 1. The molecule has 0 unspecified atom stereocenters. The second-order valence-electron chi connectivity index (χ2n) is 5.49. The van der Waals surface area contributed by atoms with Crippen molar-refractivity contribution < 1.29 is 22.7 Å². The van der Waals surface area contributed by atoms with Crippen LogP contribution in [0.4, 0.5) is 13.2 Å². The summed E-state index contributed by atoms with van der Waals surface area (Å²) in [6.45, 7) is 0.558. The van der Waals surface area contributed by atoms with Crippen LogP contribution >= 0.6 is 0 Å². The van der Waals surface area contributed by atoms with Gasteiger partial charge < -0.3 is 9.64 Å². The lowest BCUT2D eigenvalue weighted by molar-refractivity contribution is -0.137. The van der Waals surface area contributed by atoms with Crippen molar-refractivity contribution in [2.24, 2.45) is 0 Å². The van der Waals surface area contributed by atoms with Crippen molar-refractivity contribution in [1.29, 1.82) is 5.26 Å². The Labute approximate surface area is 141 Å². The highest BCUT2D eigenvalue weighted by Gasteiger charge is 2.34. The molecule has 1 fully saturated rings. The molecular formula is C17H12F3N3O2. The minimum absolute atomic E-state index is 0.182. The molecule has 0 N–H and O–H groups in total. The van der Waals surface area contributed by atoms with Crippen LogP contribution in [0.15, 0.2) is 42.6 Å². The molecule has 8 heteroatoms. The zero-order valence-electron chi connectivity index (χ0n) is 12.8. The number of halogens is 3. The number of ether oxygens (including phenoxy) is 1. The normalized spacial score (nSPS) is 14.6. The summed E-state index contributed by atoms with van der Waals surface area (Å²) < 4.78 is 43.2. The number of aromatic nitrogens is 1. The third kappa shape index (κ3) is 3.55. The lowest BCUT2D eigenvalue weighted by Crippen LogP contribution is -2.56. The van der Waals surface area contributed by atoms with Crippen molar-refractivity contribution in [3.63, 3.8) is 0 Å². The number of alkyl halides is 3. The molecule has 2 heterocycles. The maximum absolute atomic E-state index is 12.5. The molecule has 0 atom stereocenters. The second kappa shape index (κ2) is 6.43. The molecule has 1 saturated heterocycles. The van der Waals surface area contributed by atoms with Gasteiger partial charge in [0.1, 0.15) is 17.7 Å². The number of nitrogens with zero attached hydrogens (tertiary/aromatic N) is 3. The summed E-state index contributed by atoms with van der Waals surface area (Å²) >= 11 is 0. The van der Waals surface area contributed by atoms with Crippen molar-refractivity contribution in [3.05, 3.63) is 59.3 Å². The van der Waals surface area contributed by atoms with E-state index in [1.54, 1.807) is 12.1 Å². The first kappa shape index (κ1) is 16.8. The molecule has 1 aromatic carbocycles. The molecule has 0 radical (unpaired) electrons. The minimum atomic E-state index is -4.43. The summed E-state index contributed by atoms with van der Waals surface area (Å²) in [6, 6.07) is 9.24. The summed E-state index contributed by atoms with van der Waals surface area (Å²) in [4.78, 5) is 17.7. The van der Waals surface area contributed by atoms with E-state index >= 15 is 0 Å². The molecule has 1 amide bonds. The van der Waals surface area contributed by atoms with Gasteiger partial charge in [0.15, 0.2) is 0 Å². The first-order chi connectivity index (χ1) is 11.9. The molecule has 2 aromatic rings. The van der Waals surface area contributed by atoms with Crippen LogP contribution in [-0.4, -0.2) is 35.0 Å². The van der Waals surface area contributed by atoms with E-state index in [1.807, 2.05) is 6.07 Å². The Morgan fingerprint density at radius 3 is 2.52 bits per heavy atom. The van der Waals surface area contributed by atoms with Gasteiger partial charge >= 0.3 is 6.18 Å². The third-order valence-electron chi connectivity index (χ3n) is 3.76. The predicted octanol–water partition coefficient (Wildman–Crippen LogP) is 2.88. The van der Waals surface area contributed by atoms with E-state index in [-0.39, 0.29) is 36.5 Å². The van der Waals surface area contributed by atoms with Crippen LogP contribution in [0.2, 0.25) is 0 Å². The Bertz CT molecular complexity index is 822. The molecule has 1 aliphatic rings. The molecule has 0 spiro atoms. The predicted molar refractivity (Wildman–Crippen MR) is 80.7 cm³/mol. The lowest BCUT2D eigenvalue weighted by atomic mass is 10.1. The zero-order chi connectivity index (χ0) is 18.0. The van der Waals surface area contributed by atoms with E-state index in [2.05, 4.69) is 4.98 Å². The van der Waals surface area contributed by atoms with Gasteiger partial charge in [-0.05, 0) is 36.4 Å². The van der Waals surface area contributed by atoms with E-state index in [1.165, 1.54) is 11.1 Å². The van der Waals surface area contributed by atoms with E-state index in [0.29, 0.717) is 5.56 Å². The smallest absolute Gasteiger partial charge is 0.416 e. The minimum Gasteiger partial charge on any atom is -0.470 e. The molecule has 0 saturated carbocycles. The quantitative estimate of drug-likeness (QED) is 0.856. The van der Waals surface area contributed by atoms with Gasteiger partial charge in [-0.1, -0.05) is 0 Å². The van der Waals surface area contributed by atoms with E-state index in [0.717, 1.165) is 24.3 Å². The Kier molecular flexibility index (Phi) is 4.31. The topological polar surface area (TPSA) is 66.2 Å². The fourth-order valence-electron chi connectivity index (χ4n) is 2.39. The van der Waals surface area contributed by atoms with Gasteiger partial charge in [0.25, 0.3) is 5.91 Å². The Morgan fingerprint density at radius 2 is 1.92 bits per heavy atom. The summed E-state index contributed by atoms with van der Waals surface area (Å²) in [5, 5.41) is 8.98. The van der Waals surface area contributed by atoms with Crippen molar-refractivity contribution in [1.82, 2.24) is 9.88 Å². The SMILES string of the molecule is N#Cc1cccnc1OC1CN(C(=O)c2ccc(C(F)(F)F)cc2)C1. The van der Waals surface area contributed by atoms with Crippen LogP contribution in [-0.2, 0) is 6.18 Å². The summed E-state index contributed by atoms with van der Waals surface area (Å²) in [5.74, 6) is -0.160. The summed E-state index contributed by atoms with van der Waals surface area (Å²) in [5.41, 5.74) is -0.315. The molecule has 3 rings (SSSR count). The molecule has 1 aromatic heterocycles. The number of pyridine rings is 1. The van der Waals surface area contributed by atoms with Crippen molar-refractivity contribution in [2.75, 3.05) is 13.1 Å². The van der Waals surface area contributed by atoms with Gasteiger partial charge in [-0.15, -0.1) is 0 Å². The number of carbonyl (C=O) groups excluding carboxylic acids is 1. The molecule has 128 valence electrons. The van der Waals surface area contributed by atoms with Gasteiger partial charge in [0.2, 0.25) is 5.88 Å². The first-order valence-corrected chi connectivity index (χ1v) is 7.37. The molecular weight excluding hydrogens is 335 g/mol. The van der Waals surface area contributed by atoms with E-state index in [9.17, 15) is 18.0 Å². The molecule has 1 aliphatic heterocycles. The molecule has 25 heavy (non-hydrogen) atoms. The van der Waals surface area contributed by atoms with Crippen molar-refractivity contribution in [2.45, 2.75) is 12.3 Å². The zero-order valence-corrected chi connectivity index (χ0v) is 12.8. The lowest BCUT2D eigenvalue weighted by Gasteiger charge is -2.38. The number of likely N-dealkylation sites (tertiary alicyclic amines) is 1. The number of rotatable bonds is 3. The number of hydrogen-bond acceptors (Lipinski definition) is 4. The van der Waals surface area contributed by atoms with Gasteiger partial charge in [-0.3, -0.25) is 4.79 Å². The van der Waals surface area contributed by atoms with Crippen LogP contribution in [0.3, 0.4) is 0 Å². The fourth-order valence-corrected chi connectivity index (χ4v) is 2.39. The summed E-state index contributed by atoms with van der Waals surface area (Å²) in [7, 11) is 0. The average molecular weight is 347 g/mol. The number of benzene rings is 1. The monoisotopic (exact) mass is 347 g/mol. The highest BCUT2D eigenvalue weighted by Crippen LogP contribution is 2.29. The van der Waals surface area contributed by atoms with Gasteiger partial charge in [-0.25, -0.2) is 4.98 Å². The molecule has 0 bridgehead atoms. The average Bonchev–Trinajstić information content (AvgIpc) is 2.57. The number of carbonyl (C=O) groups is 1. The highest BCUT2D eigenvalue weighted by molar-refractivity contribution is 5.94. The molecule has 5 nitrogen and oxygen atoms in total. The Morgan fingerprint density at radius 1 is 1.24 bits per heavy atom. The standard InChI is InChI=1S/C17H12F3N3O2/c18-17(19,20)13-5-3-11(4-6-13)16(24)23-9-14(10-23)25-15-12(8-21)2-1-7-22-15/h1-7,14H,9-10H2. The van der Waals surface area contributed by atoms with Crippen molar-refractivity contribution in [3.8, 4) is 11.9 Å². The van der Waals surface area contributed by atoms with Gasteiger partial charge in [0.05, 0.1) is 18.7 Å². The third-order valence-corrected chi connectivity index (χ3v) is 3.76. The Hall–Kier alpha value is -3.08. The van der Waals surface area contributed by atoms with Crippen LogP contribution < -0.4 is 4.74 Å². The van der Waals surface area contributed by atoms with Crippen LogP contribution in [0.25, 0.3) is 0 Å². The van der Waals surface area contributed by atoms with Gasteiger partial charge in [-0.2, -0.15) is 18.4 Å². The molecule has 0 aliphatic carbocycles. The van der Waals surface area contributed by atoms with Crippen LogP contribution in [0, 0.1) is 11.3 Å². The second-order valence-corrected chi connectivity index (χ2v) is 5.49. The Balaban J connectivity index is 1.59. The van der Waals surface area contributed by atoms with Gasteiger partial charge in [0, 0.05) is 11.8 Å². The number of nitriles is 1. The first-order valence-electron chi connectivity index (χ1n) is 7.37. The highest BCUT2D eigenvalue weighted by atomic mass is 19.4. The van der Waals surface area contributed by atoms with Crippen molar-refractivity contribution >= 4 is 5.91 Å². The van der Waals surface area contributed by atoms with E-state index < -0.39 is 11.7 Å². The fraction of sp³-hybridized carbons (Fsp3) is 0.235. The largest absolute Gasteiger partial charge is 0.470 e. The number of hydrogen-bond donors (Lipinski definition) is 0. The maximum atomic E-state index is 12.5. The van der Waals surface area contributed by atoms with E-state index in [4.69, 9.17) is 10.00 Å². The summed E-state index contributed by atoms with van der Waals surface area (Å²) in [6.07, 6.45) is -3.24. The van der Waals surface area contributed by atoms with Crippen LogP contribution in [0.5, 0.6) is 5.88 Å². The van der Waals surface area contributed by atoms with Crippen LogP contribution in [0.1, 0.15) is 21.5 Å². The maximum Gasteiger partial charge on any atom is 0.416 e.